The van der Waals surface area contributed by atoms with Gasteiger partial charge in [-0.3, -0.25) is 4.79 Å². The molecule has 0 fully saturated rings. The second kappa shape index (κ2) is 8.26. The number of hydrogen-bond donors (Lipinski definition) is 1. The van der Waals surface area contributed by atoms with E-state index in [2.05, 4.69) is 15.0 Å². The average molecular weight is 380 g/mol. The normalized spacial score (nSPS) is 11.0. The average Bonchev–Trinajstić information content (AvgIpc) is 2.99. The highest BCUT2D eigenvalue weighted by Crippen LogP contribution is 2.29. The first kappa shape index (κ1) is 17.6. The molecule has 0 unspecified atom stereocenters. The smallest absolute Gasteiger partial charge is 0.387 e. The van der Waals surface area contributed by atoms with Gasteiger partial charge in [0.15, 0.2) is 4.34 Å². The van der Waals surface area contributed by atoms with Crippen molar-refractivity contribution in [1.29, 1.82) is 0 Å². The standard InChI is InChI=1S/C17H14F2N2O2S2/c18-16(19)23-12-7-5-11(6-8-12)20-15(22)9-10-24-17-21-13-3-1-2-4-14(13)25-17/h1-8,16H,9-10H2,(H,20,22). The molecule has 1 amide bonds. The van der Waals surface area contributed by atoms with Crippen molar-refractivity contribution in [3.63, 3.8) is 0 Å². The minimum atomic E-state index is -2.86. The number of aromatic nitrogens is 1. The number of benzene rings is 2. The maximum atomic E-state index is 12.1. The minimum Gasteiger partial charge on any atom is -0.435 e. The number of rotatable bonds is 7. The topological polar surface area (TPSA) is 51.2 Å². The molecular formula is C17H14F2N2O2S2. The van der Waals surface area contributed by atoms with Gasteiger partial charge < -0.3 is 10.1 Å². The summed E-state index contributed by atoms with van der Waals surface area (Å²) in [6.07, 6.45) is 0.329. The van der Waals surface area contributed by atoms with Crippen LogP contribution in [0.5, 0.6) is 5.75 Å². The second-order valence-corrected chi connectivity index (χ2v) is 7.37. The third kappa shape index (κ3) is 5.14. The van der Waals surface area contributed by atoms with Gasteiger partial charge in [-0.15, -0.1) is 11.3 Å². The predicted octanol–water partition coefficient (Wildman–Crippen LogP) is 5.02. The highest BCUT2D eigenvalue weighted by atomic mass is 32.2. The van der Waals surface area contributed by atoms with E-state index in [0.29, 0.717) is 17.9 Å². The summed E-state index contributed by atoms with van der Waals surface area (Å²) < 4.78 is 30.5. The van der Waals surface area contributed by atoms with Crippen LogP contribution in [0.15, 0.2) is 52.9 Å². The molecule has 0 aliphatic heterocycles. The molecule has 0 saturated heterocycles. The van der Waals surface area contributed by atoms with Crippen molar-refractivity contribution in [3.8, 4) is 5.75 Å². The van der Waals surface area contributed by atoms with Crippen molar-refractivity contribution in [3.05, 3.63) is 48.5 Å². The van der Waals surface area contributed by atoms with Gasteiger partial charge in [0.1, 0.15) is 5.75 Å². The number of hydrogen-bond acceptors (Lipinski definition) is 5. The molecular weight excluding hydrogens is 366 g/mol. The largest absolute Gasteiger partial charge is 0.435 e. The maximum Gasteiger partial charge on any atom is 0.387 e. The van der Waals surface area contributed by atoms with Crippen molar-refractivity contribution in [2.75, 3.05) is 11.1 Å². The van der Waals surface area contributed by atoms with Crippen molar-refractivity contribution < 1.29 is 18.3 Å². The summed E-state index contributed by atoms with van der Waals surface area (Å²) in [7, 11) is 0. The Balaban J connectivity index is 1.46. The molecule has 3 rings (SSSR count). The number of ether oxygens (including phenoxy) is 1. The molecule has 1 heterocycles. The first-order valence-electron chi connectivity index (χ1n) is 7.43. The van der Waals surface area contributed by atoms with Crippen molar-refractivity contribution in [2.24, 2.45) is 0 Å². The van der Waals surface area contributed by atoms with Gasteiger partial charge in [0, 0.05) is 17.9 Å². The molecule has 0 atom stereocenters. The van der Waals surface area contributed by atoms with E-state index in [0.717, 1.165) is 14.6 Å². The van der Waals surface area contributed by atoms with Crippen LogP contribution in [0.2, 0.25) is 0 Å². The van der Waals surface area contributed by atoms with Crippen LogP contribution < -0.4 is 10.1 Å². The monoisotopic (exact) mass is 380 g/mol. The molecule has 130 valence electrons. The molecule has 1 N–H and O–H groups in total. The lowest BCUT2D eigenvalue weighted by Crippen LogP contribution is -2.12. The number of anilines is 1. The molecule has 0 aliphatic rings. The number of thioether (sulfide) groups is 1. The fraction of sp³-hybridized carbons (Fsp3) is 0.176. The van der Waals surface area contributed by atoms with Crippen LogP contribution in [0, 0.1) is 0 Å². The Hall–Kier alpha value is -2.19. The van der Waals surface area contributed by atoms with Gasteiger partial charge in [-0.25, -0.2) is 4.98 Å². The van der Waals surface area contributed by atoms with E-state index in [1.54, 1.807) is 11.3 Å². The fourth-order valence-corrected chi connectivity index (χ4v) is 4.16. The van der Waals surface area contributed by atoms with Crippen LogP contribution in [0.3, 0.4) is 0 Å². The Morgan fingerprint density at radius 3 is 2.68 bits per heavy atom. The van der Waals surface area contributed by atoms with Gasteiger partial charge in [0.05, 0.1) is 10.2 Å². The third-order valence-electron chi connectivity index (χ3n) is 3.19. The Morgan fingerprint density at radius 2 is 1.96 bits per heavy atom. The van der Waals surface area contributed by atoms with Crippen LogP contribution in [0.4, 0.5) is 14.5 Å². The summed E-state index contributed by atoms with van der Waals surface area (Å²) in [5, 5.41) is 2.72. The van der Waals surface area contributed by atoms with Gasteiger partial charge in [-0.2, -0.15) is 8.78 Å². The van der Waals surface area contributed by atoms with Gasteiger partial charge in [0.25, 0.3) is 0 Å². The second-order valence-electron chi connectivity index (χ2n) is 5.00. The zero-order chi connectivity index (χ0) is 17.6. The number of halogens is 2. The maximum absolute atomic E-state index is 12.1. The summed E-state index contributed by atoms with van der Waals surface area (Å²) >= 11 is 3.14. The van der Waals surface area contributed by atoms with E-state index in [1.165, 1.54) is 36.0 Å². The Bertz CT molecular complexity index is 820. The zero-order valence-corrected chi connectivity index (χ0v) is 14.6. The molecule has 1 aromatic heterocycles. The van der Waals surface area contributed by atoms with E-state index in [1.807, 2.05) is 24.3 Å². The number of nitrogens with one attached hydrogen (secondary N) is 1. The number of carbonyl (C=O) groups excluding carboxylic acids is 1. The number of nitrogens with zero attached hydrogens (tertiary/aromatic N) is 1. The summed E-state index contributed by atoms with van der Waals surface area (Å²) in [4.78, 5) is 16.4. The lowest BCUT2D eigenvalue weighted by molar-refractivity contribution is -0.115. The minimum absolute atomic E-state index is 0.0550. The molecule has 8 heteroatoms. The van der Waals surface area contributed by atoms with Crippen LogP contribution in [-0.4, -0.2) is 23.3 Å². The van der Waals surface area contributed by atoms with Gasteiger partial charge in [0.2, 0.25) is 5.91 Å². The van der Waals surface area contributed by atoms with Crippen LogP contribution >= 0.6 is 23.1 Å². The molecule has 0 radical (unpaired) electrons. The highest BCUT2D eigenvalue weighted by molar-refractivity contribution is 8.01. The van der Waals surface area contributed by atoms with Crippen LogP contribution in [-0.2, 0) is 4.79 Å². The van der Waals surface area contributed by atoms with E-state index in [9.17, 15) is 13.6 Å². The fourth-order valence-electron chi connectivity index (χ4n) is 2.09. The summed E-state index contributed by atoms with van der Waals surface area (Å²) in [6, 6.07) is 13.7. The van der Waals surface area contributed by atoms with Gasteiger partial charge >= 0.3 is 6.61 Å². The van der Waals surface area contributed by atoms with Crippen molar-refractivity contribution in [1.82, 2.24) is 4.98 Å². The summed E-state index contributed by atoms with van der Waals surface area (Å²) in [6.45, 7) is -2.86. The number of para-hydroxylation sites is 1. The SMILES string of the molecule is O=C(CCSc1nc2ccccc2s1)Nc1ccc(OC(F)F)cc1. The van der Waals surface area contributed by atoms with Crippen molar-refractivity contribution in [2.45, 2.75) is 17.4 Å². The lowest BCUT2D eigenvalue weighted by atomic mass is 10.3. The molecule has 0 saturated carbocycles. The number of carbonyl (C=O) groups is 1. The van der Waals surface area contributed by atoms with E-state index in [4.69, 9.17) is 0 Å². The summed E-state index contributed by atoms with van der Waals surface area (Å²) in [5.74, 6) is 0.522. The molecule has 0 bridgehead atoms. The quantitative estimate of drug-likeness (QED) is 0.585. The molecule has 0 spiro atoms. The first-order valence-corrected chi connectivity index (χ1v) is 9.23. The molecule has 0 aliphatic carbocycles. The number of thiazole rings is 1. The Kier molecular flexibility index (Phi) is 5.83. The molecule has 25 heavy (non-hydrogen) atoms. The predicted molar refractivity (Wildman–Crippen MR) is 96.7 cm³/mol. The Morgan fingerprint density at radius 1 is 1.20 bits per heavy atom. The van der Waals surface area contributed by atoms with E-state index < -0.39 is 6.61 Å². The zero-order valence-electron chi connectivity index (χ0n) is 12.9. The van der Waals surface area contributed by atoms with Crippen LogP contribution in [0.1, 0.15) is 6.42 Å². The number of alkyl halides is 2. The van der Waals surface area contributed by atoms with Gasteiger partial charge in [-0.05, 0) is 36.4 Å². The number of amides is 1. The Labute approximate surface area is 151 Å². The number of fused-ring (bicyclic) bond motifs is 1. The first-order chi connectivity index (χ1) is 12.1. The van der Waals surface area contributed by atoms with Crippen molar-refractivity contribution >= 4 is 44.9 Å². The lowest BCUT2D eigenvalue weighted by Gasteiger charge is -2.07. The van der Waals surface area contributed by atoms with Crippen LogP contribution in [0.25, 0.3) is 10.2 Å². The highest BCUT2D eigenvalue weighted by Gasteiger charge is 2.08. The molecule has 4 nitrogen and oxygen atoms in total. The van der Waals surface area contributed by atoms with E-state index in [-0.39, 0.29) is 11.7 Å². The van der Waals surface area contributed by atoms with Gasteiger partial charge in [-0.1, -0.05) is 23.9 Å². The summed E-state index contributed by atoms with van der Waals surface area (Å²) in [5.41, 5.74) is 1.50. The molecule has 3 aromatic rings. The molecule has 2 aromatic carbocycles. The third-order valence-corrected chi connectivity index (χ3v) is 5.37. The van der Waals surface area contributed by atoms with E-state index >= 15 is 0 Å².